The first kappa shape index (κ1) is 13.4. The van der Waals surface area contributed by atoms with Crippen LogP contribution in [-0.4, -0.2) is 20.5 Å². The molecule has 100 valence electrons. The third kappa shape index (κ3) is 2.68. The highest BCUT2D eigenvalue weighted by molar-refractivity contribution is 7.89. The first-order valence-electron chi connectivity index (χ1n) is 5.63. The van der Waals surface area contributed by atoms with Gasteiger partial charge < -0.3 is 5.73 Å². The number of nitrogens with two attached hydrogens (primary N) is 1. The average molecular weight is 276 g/mol. The van der Waals surface area contributed by atoms with Crippen LogP contribution in [0.4, 0.5) is 8.78 Å². The molecule has 0 spiro atoms. The van der Waals surface area contributed by atoms with Crippen molar-refractivity contribution < 1.29 is 17.2 Å². The van der Waals surface area contributed by atoms with Gasteiger partial charge in [0.25, 0.3) is 0 Å². The smallest absolute Gasteiger partial charge is 0.243 e. The molecule has 0 heterocycles. The summed E-state index contributed by atoms with van der Waals surface area (Å²) in [4.78, 5) is -0.679. The van der Waals surface area contributed by atoms with E-state index < -0.39 is 32.6 Å². The largest absolute Gasteiger partial charge is 0.326 e. The summed E-state index contributed by atoms with van der Waals surface area (Å²) in [5.74, 6) is -1.78. The highest BCUT2D eigenvalue weighted by Crippen LogP contribution is 2.21. The Bertz CT molecular complexity index is 548. The molecule has 0 radical (unpaired) electrons. The molecule has 2 atom stereocenters. The molecule has 1 saturated carbocycles. The van der Waals surface area contributed by atoms with Crippen molar-refractivity contribution in [2.24, 2.45) is 5.73 Å². The standard InChI is InChI=1S/C11H14F2N2O2S/c12-7-4-5-8(13)11(6-7)18(16,17)15-10-3-1-2-9(10)14/h4-6,9-10,15H,1-3,14H2. The van der Waals surface area contributed by atoms with Crippen molar-refractivity contribution in [2.75, 3.05) is 0 Å². The molecule has 0 aliphatic heterocycles. The summed E-state index contributed by atoms with van der Waals surface area (Å²) in [5, 5.41) is 0. The predicted octanol–water partition coefficient (Wildman–Crippen LogP) is 1.12. The second-order valence-corrected chi connectivity index (χ2v) is 6.08. The van der Waals surface area contributed by atoms with Gasteiger partial charge in [0, 0.05) is 12.1 Å². The Hall–Kier alpha value is -1.05. The second kappa shape index (κ2) is 4.91. The van der Waals surface area contributed by atoms with Crippen LogP contribution in [0.2, 0.25) is 0 Å². The van der Waals surface area contributed by atoms with Crippen molar-refractivity contribution in [3.63, 3.8) is 0 Å². The zero-order valence-electron chi connectivity index (χ0n) is 9.57. The van der Waals surface area contributed by atoms with E-state index >= 15 is 0 Å². The fraction of sp³-hybridized carbons (Fsp3) is 0.455. The van der Waals surface area contributed by atoms with Crippen LogP contribution < -0.4 is 10.5 Å². The van der Waals surface area contributed by atoms with E-state index in [-0.39, 0.29) is 6.04 Å². The molecule has 0 amide bonds. The topological polar surface area (TPSA) is 72.2 Å². The molecule has 0 saturated heterocycles. The van der Waals surface area contributed by atoms with E-state index in [0.29, 0.717) is 12.5 Å². The number of sulfonamides is 1. The van der Waals surface area contributed by atoms with Crippen LogP contribution in [0.25, 0.3) is 0 Å². The summed E-state index contributed by atoms with van der Waals surface area (Å²) in [6.45, 7) is 0. The van der Waals surface area contributed by atoms with Crippen LogP contribution >= 0.6 is 0 Å². The summed E-state index contributed by atoms with van der Waals surface area (Å²) in [7, 11) is -4.07. The first-order chi connectivity index (χ1) is 8.40. The maximum atomic E-state index is 13.4. The molecule has 1 fully saturated rings. The number of hydrogen-bond acceptors (Lipinski definition) is 3. The molecule has 18 heavy (non-hydrogen) atoms. The van der Waals surface area contributed by atoms with Crippen LogP contribution in [0.3, 0.4) is 0 Å². The Labute approximate surface area is 104 Å². The normalized spacial score (nSPS) is 24.4. The van der Waals surface area contributed by atoms with Crippen molar-refractivity contribution in [1.29, 1.82) is 0 Å². The molecule has 2 rings (SSSR count). The Balaban J connectivity index is 2.28. The minimum absolute atomic E-state index is 0.281. The third-order valence-electron chi connectivity index (χ3n) is 3.06. The highest BCUT2D eigenvalue weighted by Gasteiger charge is 2.30. The van der Waals surface area contributed by atoms with Gasteiger partial charge in [-0.2, -0.15) is 0 Å². The maximum Gasteiger partial charge on any atom is 0.243 e. The van der Waals surface area contributed by atoms with E-state index in [1.807, 2.05) is 0 Å². The van der Waals surface area contributed by atoms with Gasteiger partial charge in [0.1, 0.15) is 16.5 Å². The lowest BCUT2D eigenvalue weighted by Gasteiger charge is -2.17. The molecule has 1 aromatic rings. The summed E-state index contributed by atoms with van der Waals surface area (Å²) in [6.07, 6.45) is 2.15. The third-order valence-corrected chi connectivity index (χ3v) is 4.56. The highest BCUT2D eigenvalue weighted by atomic mass is 32.2. The molecule has 3 N–H and O–H groups in total. The van der Waals surface area contributed by atoms with E-state index in [2.05, 4.69) is 4.72 Å². The van der Waals surface area contributed by atoms with Crippen molar-refractivity contribution >= 4 is 10.0 Å². The second-order valence-electron chi connectivity index (χ2n) is 4.40. The number of benzene rings is 1. The maximum absolute atomic E-state index is 13.4. The predicted molar refractivity (Wildman–Crippen MR) is 62.3 cm³/mol. The Morgan fingerprint density at radius 2 is 2.00 bits per heavy atom. The van der Waals surface area contributed by atoms with Crippen LogP contribution in [0.5, 0.6) is 0 Å². The van der Waals surface area contributed by atoms with E-state index in [9.17, 15) is 17.2 Å². The molecule has 2 unspecified atom stereocenters. The van der Waals surface area contributed by atoms with Gasteiger partial charge in [0.05, 0.1) is 0 Å². The van der Waals surface area contributed by atoms with Crippen LogP contribution in [0, 0.1) is 11.6 Å². The minimum Gasteiger partial charge on any atom is -0.326 e. The summed E-state index contributed by atoms with van der Waals surface area (Å²) >= 11 is 0. The van der Waals surface area contributed by atoms with Crippen molar-refractivity contribution in [3.8, 4) is 0 Å². The molecule has 0 bridgehead atoms. The molecule has 1 aliphatic carbocycles. The number of halogens is 2. The fourth-order valence-corrected chi connectivity index (χ4v) is 3.49. The summed E-state index contributed by atoms with van der Waals surface area (Å²) < 4.78 is 52.6. The summed E-state index contributed by atoms with van der Waals surface area (Å²) in [5.41, 5.74) is 5.74. The lowest BCUT2D eigenvalue weighted by Crippen LogP contribution is -2.44. The van der Waals surface area contributed by atoms with E-state index in [4.69, 9.17) is 5.73 Å². The van der Waals surface area contributed by atoms with Crippen LogP contribution in [0.1, 0.15) is 19.3 Å². The zero-order valence-corrected chi connectivity index (χ0v) is 10.4. The van der Waals surface area contributed by atoms with Crippen molar-refractivity contribution in [3.05, 3.63) is 29.8 Å². The Kier molecular flexibility index (Phi) is 3.65. The molecule has 1 aliphatic rings. The van der Waals surface area contributed by atoms with Crippen molar-refractivity contribution in [2.45, 2.75) is 36.2 Å². The number of rotatable bonds is 3. The SMILES string of the molecule is NC1CCCC1NS(=O)(=O)c1cc(F)ccc1F. The average Bonchev–Trinajstić information content (AvgIpc) is 2.67. The van der Waals surface area contributed by atoms with Crippen LogP contribution in [0.15, 0.2) is 23.1 Å². The first-order valence-corrected chi connectivity index (χ1v) is 7.11. The molecule has 1 aromatic carbocycles. The van der Waals surface area contributed by atoms with E-state index in [1.54, 1.807) is 0 Å². The van der Waals surface area contributed by atoms with Gasteiger partial charge in [-0.15, -0.1) is 0 Å². The summed E-state index contributed by atoms with van der Waals surface area (Å²) in [6, 6.07) is 1.63. The van der Waals surface area contributed by atoms with Gasteiger partial charge in [-0.3, -0.25) is 0 Å². The molecule has 4 nitrogen and oxygen atoms in total. The van der Waals surface area contributed by atoms with Crippen LogP contribution in [-0.2, 0) is 10.0 Å². The fourth-order valence-electron chi connectivity index (χ4n) is 2.08. The Morgan fingerprint density at radius 1 is 1.28 bits per heavy atom. The van der Waals surface area contributed by atoms with Gasteiger partial charge >= 0.3 is 0 Å². The molecular formula is C11H14F2N2O2S. The molecular weight excluding hydrogens is 262 g/mol. The number of nitrogens with one attached hydrogen (secondary N) is 1. The lowest BCUT2D eigenvalue weighted by molar-refractivity contribution is 0.511. The van der Waals surface area contributed by atoms with E-state index in [1.165, 1.54) is 0 Å². The minimum atomic E-state index is -4.07. The van der Waals surface area contributed by atoms with Gasteiger partial charge in [-0.05, 0) is 31.0 Å². The van der Waals surface area contributed by atoms with Crippen molar-refractivity contribution in [1.82, 2.24) is 4.72 Å². The van der Waals surface area contributed by atoms with Gasteiger partial charge in [-0.1, -0.05) is 6.42 Å². The number of hydrogen-bond donors (Lipinski definition) is 2. The molecule has 0 aromatic heterocycles. The van der Waals surface area contributed by atoms with Gasteiger partial charge in [0.2, 0.25) is 10.0 Å². The van der Waals surface area contributed by atoms with E-state index in [0.717, 1.165) is 25.0 Å². The molecule has 7 heteroatoms. The lowest BCUT2D eigenvalue weighted by atomic mass is 10.2. The quantitative estimate of drug-likeness (QED) is 0.869. The Morgan fingerprint density at radius 3 is 2.61 bits per heavy atom. The zero-order chi connectivity index (χ0) is 13.3. The van der Waals surface area contributed by atoms with Gasteiger partial charge in [-0.25, -0.2) is 21.9 Å². The monoisotopic (exact) mass is 276 g/mol. The van der Waals surface area contributed by atoms with Gasteiger partial charge in [0.15, 0.2) is 0 Å².